The molecule has 6 heteroatoms. The summed E-state index contributed by atoms with van der Waals surface area (Å²) in [6.07, 6.45) is 5.11. The van der Waals surface area contributed by atoms with Crippen LogP contribution in [0.25, 0.3) is 0 Å². The molecule has 2 heterocycles. The minimum absolute atomic E-state index is 0.0680. The fourth-order valence-corrected chi connectivity index (χ4v) is 5.88. The van der Waals surface area contributed by atoms with Crippen LogP contribution in [0.5, 0.6) is 0 Å². The van der Waals surface area contributed by atoms with E-state index in [1.165, 1.54) is 4.91 Å². The number of carbonyl (C=O) groups is 2. The molecular formula is C27H32N2O3S. The fourth-order valence-electron chi connectivity index (χ4n) is 4.46. The number of fused-ring (bicyclic) bond motifs is 1. The van der Waals surface area contributed by atoms with Crippen LogP contribution in [0.3, 0.4) is 0 Å². The lowest BCUT2D eigenvalue weighted by Crippen LogP contribution is -2.35. The number of rotatable bonds is 10. The van der Waals surface area contributed by atoms with Crippen LogP contribution in [0.15, 0.2) is 71.6 Å². The highest BCUT2D eigenvalue weighted by Gasteiger charge is 2.50. The summed E-state index contributed by atoms with van der Waals surface area (Å²) in [6, 6.07) is 20.7. The van der Waals surface area contributed by atoms with E-state index in [2.05, 4.69) is 30.3 Å². The maximum absolute atomic E-state index is 13.5. The van der Waals surface area contributed by atoms with Gasteiger partial charge in [0.1, 0.15) is 0 Å². The molecule has 0 spiro atoms. The van der Waals surface area contributed by atoms with Crippen LogP contribution in [0, 0.1) is 0 Å². The number of allylic oxidation sites excluding steroid dienone is 1. The normalized spacial score (nSPS) is 21.0. The first kappa shape index (κ1) is 23.4. The number of unbranched alkanes of at least 4 members (excludes halogenated alkanes) is 1. The third kappa shape index (κ3) is 5.80. The van der Waals surface area contributed by atoms with E-state index in [1.54, 1.807) is 0 Å². The first-order chi connectivity index (χ1) is 16.2. The van der Waals surface area contributed by atoms with Gasteiger partial charge in [-0.25, -0.2) is 4.79 Å². The van der Waals surface area contributed by atoms with Crippen molar-refractivity contribution in [2.45, 2.75) is 57.8 Å². The highest BCUT2D eigenvalue weighted by Crippen LogP contribution is 2.43. The Morgan fingerprint density at radius 1 is 1.03 bits per heavy atom. The van der Waals surface area contributed by atoms with Gasteiger partial charge in [0.15, 0.2) is 0 Å². The van der Waals surface area contributed by atoms with Crippen molar-refractivity contribution in [1.29, 1.82) is 0 Å². The highest BCUT2D eigenvalue weighted by atomic mass is 32.2. The molecule has 2 amide bonds. The molecule has 0 saturated carbocycles. The summed E-state index contributed by atoms with van der Waals surface area (Å²) in [5, 5.41) is 0. The lowest BCUT2D eigenvalue weighted by molar-refractivity contribution is -0.143. The van der Waals surface area contributed by atoms with Crippen LogP contribution in [0.2, 0.25) is 0 Å². The van der Waals surface area contributed by atoms with Gasteiger partial charge in [-0.1, -0.05) is 73.7 Å². The van der Waals surface area contributed by atoms with Crippen molar-refractivity contribution in [2.24, 2.45) is 0 Å². The Labute approximate surface area is 200 Å². The van der Waals surface area contributed by atoms with Gasteiger partial charge in [-0.05, 0) is 30.4 Å². The van der Waals surface area contributed by atoms with Gasteiger partial charge in [0.05, 0.1) is 18.7 Å². The van der Waals surface area contributed by atoms with Crippen LogP contribution in [-0.2, 0) is 22.6 Å². The number of ether oxygens (including phenoxy) is 1. The molecule has 4 rings (SSSR count). The molecule has 5 nitrogen and oxygen atoms in total. The van der Waals surface area contributed by atoms with Crippen molar-refractivity contribution >= 4 is 23.8 Å². The third-order valence-electron chi connectivity index (χ3n) is 6.09. The SMILES string of the molecule is CCCOC(=O)CCC/C=C1\SCC2C1N(Cc1ccccc1)C(=O)N2Cc1ccccc1. The molecule has 0 aliphatic carbocycles. The predicted octanol–water partition coefficient (Wildman–Crippen LogP) is 5.62. The number of benzene rings is 2. The zero-order valence-electron chi connectivity index (χ0n) is 19.2. The van der Waals surface area contributed by atoms with Crippen LogP contribution in [-0.4, -0.2) is 46.2 Å². The Bertz CT molecular complexity index is 964. The van der Waals surface area contributed by atoms with Crippen molar-refractivity contribution in [2.75, 3.05) is 12.4 Å². The van der Waals surface area contributed by atoms with Crippen molar-refractivity contribution in [3.8, 4) is 0 Å². The summed E-state index contributed by atoms with van der Waals surface area (Å²) in [5.74, 6) is 0.779. The van der Waals surface area contributed by atoms with E-state index < -0.39 is 0 Å². The monoisotopic (exact) mass is 464 g/mol. The number of thioether (sulfide) groups is 1. The fraction of sp³-hybridized carbons (Fsp3) is 0.407. The van der Waals surface area contributed by atoms with Gasteiger partial charge in [0.25, 0.3) is 0 Å². The summed E-state index contributed by atoms with van der Waals surface area (Å²) < 4.78 is 5.18. The van der Waals surface area contributed by atoms with Gasteiger partial charge < -0.3 is 14.5 Å². The Balaban J connectivity index is 1.48. The maximum Gasteiger partial charge on any atom is 0.321 e. The number of esters is 1. The van der Waals surface area contributed by atoms with E-state index in [-0.39, 0.29) is 24.1 Å². The van der Waals surface area contributed by atoms with Gasteiger partial charge in [-0.3, -0.25) is 4.79 Å². The first-order valence-electron chi connectivity index (χ1n) is 11.8. The molecule has 2 aliphatic rings. The van der Waals surface area contributed by atoms with Gasteiger partial charge in [-0.15, -0.1) is 11.8 Å². The summed E-state index contributed by atoms with van der Waals surface area (Å²) >= 11 is 1.85. The second-order valence-corrected chi connectivity index (χ2v) is 9.65. The molecule has 2 aromatic carbocycles. The molecule has 2 saturated heterocycles. The van der Waals surface area contributed by atoms with Gasteiger partial charge in [0.2, 0.25) is 0 Å². The second kappa shape index (κ2) is 11.4. The molecule has 0 aromatic heterocycles. The largest absolute Gasteiger partial charge is 0.466 e. The Hall–Kier alpha value is -2.73. The lowest BCUT2D eigenvalue weighted by atomic mass is 10.1. The van der Waals surface area contributed by atoms with E-state index in [4.69, 9.17) is 4.74 Å². The summed E-state index contributed by atoms with van der Waals surface area (Å²) in [5.41, 5.74) is 2.29. The second-order valence-electron chi connectivity index (χ2n) is 8.55. The Morgan fingerprint density at radius 2 is 1.67 bits per heavy atom. The van der Waals surface area contributed by atoms with Crippen LogP contribution >= 0.6 is 11.8 Å². The molecule has 2 unspecified atom stereocenters. The molecule has 0 radical (unpaired) electrons. The lowest BCUT2D eigenvalue weighted by Gasteiger charge is -2.23. The van der Waals surface area contributed by atoms with Crippen LogP contribution in [0.4, 0.5) is 4.79 Å². The molecule has 2 aromatic rings. The van der Waals surface area contributed by atoms with E-state index in [9.17, 15) is 9.59 Å². The molecule has 33 heavy (non-hydrogen) atoms. The number of hydrogen-bond acceptors (Lipinski definition) is 4. The molecule has 2 aliphatic heterocycles. The van der Waals surface area contributed by atoms with Crippen molar-refractivity contribution in [1.82, 2.24) is 9.80 Å². The molecule has 174 valence electrons. The quantitative estimate of drug-likeness (QED) is 0.260. The Morgan fingerprint density at radius 3 is 2.30 bits per heavy atom. The van der Waals surface area contributed by atoms with Crippen molar-refractivity contribution in [3.05, 3.63) is 82.8 Å². The number of urea groups is 1. The van der Waals surface area contributed by atoms with Gasteiger partial charge in [-0.2, -0.15) is 0 Å². The predicted molar refractivity (Wildman–Crippen MR) is 133 cm³/mol. The molecule has 2 atom stereocenters. The zero-order valence-corrected chi connectivity index (χ0v) is 20.0. The van der Waals surface area contributed by atoms with Gasteiger partial charge in [0, 0.05) is 30.2 Å². The molecule has 2 fully saturated rings. The minimum atomic E-state index is -0.122. The molecule has 0 N–H and O–H groups in total. The van der Waals surface area contributed by atoms with Crippen LogP contribution < -0.4 is 0 Å². The minimum Gasteiger partial charge on any atom is -0.466 e. The Kier molecular flexibility index (Phi) is 8.10. The van der Waals surface area contributed by atoms with Crippen molar-refractivity contribution in [3.63, 3.8) is 0 Å². The summed E-state index contributed by atoms with van der Waals surface area (Å²) in [4.78, 5) is 30.7. The average Bonchev–Trinajstić information content (AvgIpc) is 3.36. The van der Waals surface area contributed by atoms with E-state index in [0.717, 1.165) is 36.1 Å². The third-order valence-corrected chi connectivity index (χ3v) is 7.34. The standard InChI is InChI=1S/C27H32N2O3S/c1-2-17-32-25(30)16-10-9-15-24-26-23(20-33-24)28(18-21-11-5-3-6-12-21)27(31)29(26)19-22-13-7-4-8-14-22/h3-8,11-15,23,26H,2,9-10,16-20H2,1H3/b24-15-. The topological polar surface area (TPSA) is 49.9 Å². The van der Waals surface area contributed by atoms with E-state index >= 15 is 0 Å². The number of amides is 2. The van der Waals surface area contributed by atoms with Gasteiger partial charge >= 0.3 is 12.0 Å². The summed E-state index contributed by atoms with van der Waals surface area (Å²) in [6.45, 7) is 3.72. The van der Waals surface area contributed by atoms with Crippen LogP contribution in [0.1, 0.15) is 43.7 Å². The number of hydrogen-bond donors (Lipinski definition) is 0. The van der Waals surface area contributed by atoms with E-state index in [1.807, 2.05) is 64.9 Å². The highest BCUT2D eigenvalue weighted by molar-refractivity contribution is 8.03. The zero-order chi connectivity index (χ0) is 23.0. The average molecular weight is 465 g/mol. The first-order valence-corrected chi connectivity index (χ1v) is 12.8. The van der Waals surface area contributed by atoms with E-state index in [0.29, 0.717) is 26.1 Å². The summed E-state index contributed by atoms with van der Waals surface area (Å²) in [7, 11) is 0. The number of carbonyl (C=O) groups excluding carboxylic acids is 2. The molecular weight excluding hydrogens is 432 g/mol. The maximum atomic E-state index is 13.5. The number of nitrogens with zero attached hydrogens (tertiary/aromatic N) is 2. The molecule has 0 bridgehead atoms. The van der Waals surface area contributed by atoms with Crippen molar-refractivity contribution < 1.29 is 14.3 Å². The smallest absolute Gasteiger partial charge is 0.321 e.